The van der Waals surface area contributed by atoms with Gasteiger partial charge in [-0.05, 0) is 69.8 Å². The third-order valence-electron chi connectivity index (χ3n) is 3.41. The molecule has 1 aromatic heterocycles. The molecule has 0 spiro atoms. The second-order valence-electron chi connectivity index (χ2n) is 4.81. The lowest BCUT2D eigenvalue weighted by atomic mass is 10.2. The van der Waals surface area contributed by atoms with Crippen LogP contribution in [0.15, 0.2) is 21.1 Å². The quantitative estimate of drug-likeness (QED) is 0.736. The Bertz CT molecular complexity index is 653. The number of halogens is 3. The predicted molar refractivity (Wildman–Crippen MR) is 91.1 cm³/mol. The fourth-order valence-corrected chi connectivity index (χ4v) is 3.25. The molecule has 114 valence electrons. The molecule has 0 bridgehead atoms. The molecule has 6 heteroatoms. The average Bonchev–Trinajstić information content (AvgIpc) is 2.77. The Balaban J connectivity index is 2.24. The average molecular weight is 419 g/mol. The highest BCUT2D eigenvalue weighted by Gasteiger charge is 2.14. The first kappa shape index (κ1) is 16.5. The summed E-state index contributed by atoms with van der Waals surface area (Å²) >= 11 is 6.85. The first-order chi connectivity index (χ1) is 9.97. The van der Waals surface area contributed by atoms with E-state index in [9.17, 15) is 4.39 Å². The Morgan fingerprint density at radius 2 is 2.00 bits per heavy atom. The van der Waals surface area contributed by atoms with Crippen LogP contribution in [0.4, 0.5) is 10.1 Å². The molecule has 1 N–H and O–H groups in total. The van der Waals surface area contributed by atoms with Gasteiger partial charge in [0.2, 0.25) is 0 Å². The summed E-state index contributed by atoms with van der Waals surface area (Å²) in [6.07, 6.45) is 0.891. The van der Waals surface area contributed by atoms with Gasteiger partial charge in [-0.1, -0.05) is 6.92 Å². The molecule has 0 fully saturated rings. The van der Waals surface area contributed by atoms with Gasteiger partial charge < -0.3 is 5.32 Å². The summed E-state index contributed by atoms with van der Waals surface area (Å²) in [5.41, 5.74) is 3.96. The molecule has 1 heterocycles. The highest BCUT2D eigenvalue weighted by atomic mass is 79.9. The number of aryl methyl sites for hydroxylation is 3. The molecule has 0 aliphatic carbocycles. The zero-order valence-electron chi connectivity index (χ0n) is 12.3. The van der Waals surface area contributed by atoms with Crippen LogP contribution in [0.5, 0.6) is 0 Å². The van der Waals surface area contributed by atoms with E-state index in [1.54, 1.807) is 6.07 Å². The van der Waals surface area contributed by atoms with Crippen LogP contribution in [-0.4, -0.2) is 9.78 Å². The number of aromatic nitrogens is 2. The summed E-state index contributed by atoms with van der Waals surface area (Å²) in [4.78, 5) is 0. The maximum atomic E-state index is 13.5. The number of nitrogens with zero attached hydrogens (tertiary/aromatic N) is 2. The van der Waals surface area contributed by atoms with Crippen molar-refractivity contribution in [2.24, 2.45) is 0 Å². The van der Waals surface area contributed by atoms with Gasteiger partial charge in [-0.2, -0.15) is 5.10 Å². The first-order valence-corrected chi connectivity index (χ1v) is 8.50. The monoisotopic (exact) mass is 417 g/mol. The third-order valence-corrected chi connectivity index (χ3v) is 4.93. The molecular weight excluding hydrogens is 401 g/mol. The summed E-state index contributed by atoms with van der Waals surface area (Å²) in [5, 5.41) is 7.94. The Hall–Kier alpha value is -0.880. The van der Waals surface area contributed by atoms with Crippen molar-refractivity contribution in [3.8, 4) is 0 Å². The molecule has 0 saturated carbocycles. The SMILES string of the molecule is CCc1nn(CC)c(CNc2cc(Br)c(F)cc2C)c1Br. The molecule has 0 radical (unpaired) electrons. The van der Waals surface area contributed by atoms with Gasteiger partial charge in [-0.3, -0.25) is 4.68 Å². The van der Waals surface area contributed by atoms with Crippen LogP contribution in [0.25, 0.3) is 0 Å². The zero-order valence-corrected chi connectivity index (χ0v) is 15.5. The lowest BCUT2D eigenvalue weighted by Crippen LogP contribution is -2.09. The molecule has 0 amide bonds. The summed E-state index contributed by atoms with van der Waals surface area (Å²) < 4.78 is 17.0. The third kappa shape index (κ3) is 3.48. The van der Waals surface area contributed by atoms with Crippen LogP contribution in [0.3, 0.4) is 0 Å². The normalized spacial score (nSPS) is 11.0. The molecule has 0 unspecified atom stereocenters. The Morgan fingerprint density at radius 3 is 2.62 bits per heavy atom. The van der Waals surface area contributed by atoms with Crippen LogP contribution in [-0.2, 0) is 19.5 Å². The van der Waals surface area contributed by atoms with E-state index in [2.05, 4.69) is 56.1 Å². The van der Waals surface area contributed by atoms with Gasteiger partial charge in [0.15, 0.2) is 0 Å². The number of benzene rings is 1. The van der Waals surface area contributed by atoms with Crippen molar-refractivity contribution < 1.29 is 4.39 Å². The van der Waals surface area contributed by atoms with Crippen molar-refractivity contribution in [3.63, 3.8) is 0 Å². The molecule has 0 aliphatic rings. The van der Waals surface area contributed by atoms with Crippen molar-refractivity contribution in [2.75, 3.05) is 5.32 Å². The van der Waals surface area contributed by atoms with E-state index >= 15 is 0 Å². The first-order valence-electron chi connectivity index (χ1n) is 6.91. The minimum absolute atomic E-state index is 0.244. The van der Waals surface area contributed by atoms with Gasteiger partial charge >= 0.3 is 0 Å². The predicted octanol–water partition coefficient (Wildman–Crippen LogP) is 5.05. The minimum Gasteiger partial charge on any atom is -0.379 e. The van der Waals surface area contributed by atoms with Crippen LogP contribution >= 0.6 is 31.9 Å². The zero-order chi connectivity index (χ0) is 15.6. The maximum absolute atomic E-state index is 13.5. The second kappa shape index (κ2) is 6.92. The van der Waals surface area contributed by atoms with E-state index in [0.717, 1.165) is 40.1 Å². The van der Waals surface area contributed by atoms with Crippen molar-refractivity contribution in [1.82, 2.24) is 9.78 Å². The molecule has 1 aromatic carbocycles. The van der Waals surface area contributed by atoms with Crippen molar-refractivity contribution in [1.29, 1.82) is 0 Å². The van der Waals surface area contributed by atoms with E-state index in [1.807, 2.05) is 11.6 Å². The van der Waals surface area contributed by atoms with Crippen molar-refractivity contribution >= 4 is 37.5 Å². The van der Waals surface area contributed by atoms with Crippen molar-refractivity contribution in [2.45, 2.75) is 40.3 Å². The standard InChI is InChI=1S/C15H18Br2FN3/c1-4-12-15(17)14(21(5-2)20-12)8-19-13-7-10(16)11(18)6-9(13)3/h6-7,19H,4-5,8H2,1-3H3. The van der Waals surface area contributed by atoms with Crippen LogP contribution in [0.2, 0.25) is 0 Å². The molecule has 21 heavy (non-hydrogen) atoms. The van der Waals surface area contributed by atoms with Crippen LogP contribution in [0, 0.1) is 12.7 Å². The highest BCUT2D eigenvalue weighted by molar-refractivity contribution is 9.10. The van der Waals surface area contributed by atoms with Gasteiger partial charge in [-0.25, -0.2) is 4.39 Å². The van der Waals surface area contributed by atoms with E-state index in [1.165, 1.54) is 6.07 Å². The summed E-state index contributed by atoms with van der Waals surface area (Å²) in [6.45, 7) is 7.51. The number of anilines is 1. The molecule has 0 atom stereocenters. The van der Waals surface area contributed by atoms with E-state index in [0.29, 0.717) is 11.0 Å². The molecule has 2 aromatic rings. The second-order valence-corrected chi connectivity index (χ2v) is 6.46. The Labute approximate surface area is 141 Å². The number of hydrogen-bond acceptors (Lipinski definition) is 2. The van der Waals surface area contributed by atoms with Gasteiger partial charge in [-0.15, -0.1) is 0 Å². The van der Waals surface area contributed by atoms with Gasteiger partial charge in [0.1, 0.15) is 5.82 Å². The van der Waals surface area contributed by atoms with Crippen molar-refractivity contribution in [3.05, 3.63) is 43.8 Å². The summed E-state index contributed by atoms with van der Waals surface area (Å²) in [7, 11) is 0. The topological polar surface area (TPSA) is 29.9 Å². The molecule has 3 nitrogen and oxygen atoms in total. The molecule has 0 aliphatic heterocycles. The largest absolute Gasteiger partial charge is 0.379 e. The fourth-order valence-electron chi connectivity index (χ4n) is 2.20. The van der Waals surface area contributed by atoms with Crippen LogP contribution < -0.4 is 5.32 Å². The van der Waals surface area contributed by atoms with E-state index in [4.69, 9.17) is 0 Å². The van der Waals surface area contributed by atoms with Crippen LogP contribution in [0.1, 0.15) is 30.8 Å². The number of nitrogens with one attached hydrogen (secondary N) is 1. The van der Waals surface area contributed by atoms with Gasteiger partial charge in [0.05, 0.1) is 26.9 Å². The number of hydrogen-bond donors (Lipinski definition) is 1. The summed E-state index contributed by atoms with van der Waals surface area (Å²) in [6, 6.07) is 3.29. The molecule has 2 rings (SSSR count). The highest BCUT2D eigenvalue weighted by Crippen LogP contribution is 2.27. The molecular formula is C15H18Br2FN3. The van der Waals surface area contributed by atoms with E-state index < -0.39 is 0 Å². The lowest BCUT2D eigenvalue weighted by Gasteiger charge is -2.12. The minimum atomic E-state index is -0.244. The number of rotatable bonds is 5. The maximum Gasteiger partial charge on any atom is 0.137 e. The van der Waals surface area contributed by atoms with Gasteiger partial charge in [0.25, 0.3) is 0 Å². The fraction of sp³-hybridized carbons (Fsp3) is 0.400. The Kier molecular flexibility index (Phi) is 5.43. The summed E-state index contributed by atoms with van der Waals surface area (Å²) in [5.74, 6) is -0.244. The lowest BCUT2D eigenvalue weighted by molar-refractivity contribution is 0.617. The van der Waals surface area contributed by atoms with Gasteiger partial charge in [0, 0.05) is 12.2 Å². The smallest absolute Gasteiger partial charge is 0.137 e. The Morgan fingerprint density at radius 1 is 1.29 bits per heavy atom. The molecule has 0 saturated heterocycles. The van der Waals surface area contributed by atoms with E-state index in [-0.39, 0.29) is 5.82 Å².